The quantitative estimate of drug-likeness (QED) is 0.584. The number of carbonyl (C=O) groups excluding carboxylic acids is 1. The molecule has 0 spiro atoms. The van der Waals surface area contributed by atoms with Crippen LogP contribution in [0.15, 0.2) is 47.5 Å². The van der Waals surface area contributed by atoms with Crippen molar-refractivity contribution in [2.75, 3.05) is 6.61 Å². The monoisotopic (exact) mass is 379 g/mol. The maximum atomic E-state index is 12.5. The van der Waals surface area contributed by atoms with E-state index in [4.69, 9.17) is 4.74 Å². The molecular formula is C22H25N3O3. The van der Waals surface area contributed by atoms with Gasteiger partial charge in [0.2, 0.25) is 0 Å². The molecular weight excluding hydrogens is 354 g/mol. The lowest BCUT2D eigenvalue weighted by Gasteiger charge is -2.13. The highest BCUT2D eigenvalue weighted by molar-refractivity contribution is 5.98. The van der Waals surface area contributed by atoms with Crippen molar-refractivity contribution >= 4 is 16.8 Å². The van der Waals surface area contributed by atoms with Gasteiger partial charge in [-0.15, -0.1) is 0 Å². The molecule has 6 heteroatoms. The fourth-order valence-corrected chi connectivity index (χ4v) is 3.01. The molecule has 2 aromatic heterocycles. The first-order valence-electron chi connectivity index (χ1n) is 9.56. The van der Waals surface area contributed by atoms with Crippen molar-refractivity contribution in [3.63, 3.8) is 0 Å². The molecule has 1 aromatic carbocycles. The number of unbranched alkanes of at least 4 members (excludes halogenated alkanes) is 2. The van der Waals surface area contributed by atoms with Crippen LogP contribution in [-0.2, 0) is 6.54 Å². The van der Waals surface area contributed by atoms with E-state index in [1.54, 1.807) is 18.5 Å². The summed E-state index contributed by atoms with van der Waals surface area (Å²) in [6.07, 6.45) is 6.50. The largest absolute Gasteiger partial charge is 0.491 e. The zero-order valence-electron chi connectivity index (χ0n) is 16.2. The normalized spacial score (nSPS) is 10.8. The van der Waals surface area contributed by atoms with Gasteiger partial charge in [-0.25, -0.2) is 0 Å². The number of aromatic nitrogens is 2. The van der Waals surface area contributed by atoms with Gasteiger partial charge in [-0.05, 0) is 42.7 Å². The van der Waals surface area contributed by atoms with Crippen LogP contribution < -0.4 is 15.6 Å². The van der Waals surface area contributed by atoms with Gasteiger partial charge in [0.05, 0.1) is 12.1 Å². The van der Waals surface area contributed by atoms with Gasteiger partial charge in [-0.1, -0.05) is 31.9 Å². The van der Waals surface area contributed by atoms with Crippen LogP contribution in [0.25, 0.3) is 10.9 Å². The minimum atomic E-state index is -0.427. The molecule has 6 nitrogen and oxygen atoms in total. The zero-order valence-corrected chi connectivity index (χ0v) is 16.2. The summed E-state index contributed by atoms with van der Waals surface area (Å²) in [5, 5.41) is 3.55. The molecule has 0 fully saturated rings. The average molecular weight is 379 g/mol. The summed E-state index contributed by atoms with van der Waals surface area (Å²) in [7, 11) is 0. The summed E-state index contributed by atoms with van der Waals surface area (Å²) < 4.78 is 5.94. The van der Waals surface area contributed by atoms with Crippen LogP contribution in [0.3, 0.4) is 0 Å². The molecule has 3 aromatic rings. The number of nitrogens with one attached hydrogen (secondary N) is 2. The summed E-state index contributed by atoms with van der Waals surface area (Å²) in [5.74, 6) is 0.264. The summed E-state index contributed by atoms with van der Waals surface area (Å²) in [6, 6.07) is 9.08. The third kappa shape index (κ3) is 4.57. The van der Waals surface area contributed by atoms with Crippen LogP contribution in [-0.4, -0.2) is 22.5 Å². The Morgan fingerprint density at radius 1 is 1.18 bits per heavy atom. The van der Waals surface area contributed by atoms with E-state index in [0.717, 1.165) is 35.8 Å². The second-order valence-corrected chi connectivity index (χ2v) is 6.78. The van der Waals surface area contributed by atoms with E-state index in [0.29, 0.717) is 24.4 Å². The minimum Gasteiger partial charge on any atom is -0.491 e. The minimum absolute atomic E-state index is 0.0855. The fourth-order valence-electron chi connectivity index (χ4n) is 3.01. The summed E-state index contributed by atoms with van der Waals surface area (Å²) >= 11 is 0. The van der Waals surface area contributed by atoms with Crippen LogP contribution in [0, 0.1) is 6.92 Å². The van der Waals surface area contributed by atoms with Crippen LogP contribution in [0.1, 0.15) is 47.7 Å². The number of ether oxygens (including phenoxy) is 1. The van der Waals surface area contributed by atoms with E-state index >= 15 is 0 Å². The number of hydrogen-bond acceptors (Lipinski definition) is 4. The molecule has 0 radical (unpaired) electrons. The van der Waals surface area contributed by atoms with Crippen molar-refractivity contribution in [2.45, 2.75) is 39.7 Å². The van der Waals surface area contributed by atoms with E-state index in [-0.39, 0.29) is 5.56 Å². The highest BCUT2D eigenvalue weighted by Gasteiger charge is 2.15. The van der Waals surface area contributed by atoms with E-state index in [2.05, 4.69) is 22.2 Å². The van der Waals surface area contributed by atoms with Gasteiger partial charge in [0.25, 0.3) is 11.5 Å². The third-order valence-electron chi connectivity index (χ3n) is 4.61. The fraction of sp³-hybridized carbons (Fsp3) is 0.318. The number of amides is 1. The van der Waals surface area contributed by atoms with Gasteiger partial charge in [0.15, 0.2) is 0 Å². The van der Waals surface area contributed by atoms with E-state index in [1.807, 2.05) is 31.2 Å². The van der Waals surface area contributed by atoms with Crippen molar-refractivity contribution in [1.82, 2.24) is 15.3 Å². The first kappa shape index (κ1) is 19.6. The first-order valence-corrected chi connectivity index (χ1v) is 9.56. The van der Waals surface area contributed by atoms with Crippen molar-refractivity contribution < 1.29 is 9.53 Å². The van der Waals surface area contributed by atoms with Gasteiger partial charge in [-0.2, -0.15) is 0 Å². The molecule has 0 saturated carbocycles. The summed E-state index contributed by atoms with van der Waals surface area (Å²) in [5.41, 5.74) is 2.16. The Morgan fingerprint density at radius 3 is 2.71 bits per heavy atom. The Kier molecular flexibility index (Phi) is 6.42. The number of benzene rings is 1. The van der Waals surface area contributed by atoms with Gasteiger partial charge in [-0.3, -0.25) is 14.6 Å². The second-order valence-electron chi connectivity index (χ2n) is 6.78. The van der Waals surface area contributed by atoms with Crippen LogP contribution >= 0.6 is 0 Å². The lowest BCUT2D eigenvalue weighted by Crippen LogP contribution is -2.29. The number of H-pyrrole nitrogens is 1. The molecule has 1 amide bonds. The Bertz CT molecular complexity index is 1010. The van der Waals surface area contributed by atoms with Gasteiger partial charge in [0.1, 0.15) is 11.3 Å². The van der Waals surface area contributed by atoms with Crippen LogP contribution in [0.5, 0.6) is 5.75 Å². The Labute approximate surface area is 164 Å². The predicted octanol–water partition coefficient (Wildman–Crippen LogP) is 3.73. The summed E-state index contributed by atoms with van der Waals surface area (Å²) in [6.45, 7) is 5.02. The first-order chi connectivity index (χ1) is 13.6. The molecule has 0 unspecified atom stereocenters. The molecule has 28 heavy (non-hydrogen) atoms. The van der Waals surface area contributed by atoms with Gasteiger partial charge >= 0.3 is 0 Å². The highest BCUT2D eigenvalue weighted by atomic mass is 16.5. The van der Waals surface area contributed by atoms with Crippen molar-refractivity contribution in [2.24, 2.45) is 0 Å². The molecule has 0 saturated heterocycles. The molecule has 2 heterocycles. The van der Waals surface area contributed by atoms with Gasteiger partial charge < -0.3 is 15.0 Å². The second kappa shape index (κ2) is 9.17. The Hall–Kier alpha value is -3.15. The lowest BCUT2D eigenvalue weighted by atomic mass is 10.1. The third-order valence-corrected chi connectivity index (χ3v) is 4.61. The van der Waals surface area contributed by atoms with Crippen LogP contribution in [0.2, 0.25) is 0 Å². The van der Waals surface area contributed by atoms with Gasteiger partial charge in [0, 0.05) is 24.3 Å². The highest BCUT2D eigenvalue weighted by Crippen LogP contribution is 2.27. The van der Waals surface area contributed by atoms with Crippen molar-refractivity contribution in [3.05, 3.63) is 69.8 Å². The maximum Gasteiger partial charge on any atom is 0.261 e. The van der Waals surface area contributed by atoms with Crippen LogP contribution in [0.4, 0.5) is 0 Å². The molecule has 3 rings (SSSR count). The maximum absolute atomic E-state index is 12.5. The Balaban J connectivity index is 1.83. The van der Waals surface area contributed by atoms with E-state index < -0.39 is 11.5 Å². The van der Waals surface area contributed by atoms with E-state index in [9.17, 15) is 9.59 Å². The lowest BCUT2D eigenvalue weighted by molar-refractivity contribution is 0.0949. The molecule has 146 valence electrons. The average Bonchev–Trinajstić information content (AvgIpc) is 2.71. The molecule has 0 aliphatic heterocycles. The molecule has 0 bridgehead atoms. The molecule has 2 N–H and O–H groups in total. The molecule has 0 atom stereocenters. The Morgan fingerprint density at radius 2 is 1.96 bits per heavy atom. The number of nitrogens with zero attached hydrogens (tertiary/aromatic N) is 1. The number of aryl methyl sites for hydroxylation is 1. The molecule has 0 aliphatic carbocycles. The van der Waals surface area contributed by atoms with Crippen molar-refractivity contribution in [1.29, 1.82) is 0 Å². The van der Waals surface area contributed by atoms with Crippen molar-refractivity contribution in [3.8, 4) is 5.75 Å². The smallest absolute Gasteiger partial charge is 0.261 e. The number of hydrogen-bond donors (Lipinski definition) is 2. The topological polar surface area (TPSA) is 84.1 Å². The number of fused-ring (bicyclic) bond motifs is 1. The zero-order chi connectivity index (χ0) is 19.9. The molecule has 0 aliphatic rings. The standard InChI is InChI=1S/C22H25N3O3/c1-3-4-5-12-28-20-15(2)6-7-17-13-18(22(27)25-19(17)20)21(26)24-14-16-8-10-23-11-9-16/h6-11,13H,3-5,12,14H2,1-2H3,(H,24,26)(H,25,27). The number of aromatic amines is 1. The SMILES string of the molecule is CCCCCOc1c(C)ccc2cc(C(=O)NCc3ccncc3)c(=O)[nH]c12. The summed E-state index contributed by atoms with van der Waals surface area (Å²) in [4.78, 5) is 31.8. The predicted molar refractivity (Wildman–Crippen MR) is 110 cm³/mol. The number of carbonyl (C=O) groups is 1. The van der Waals surface area contributed by atoms with E-state index in [1.165, 1.54) is 0 Å². The number of rotatable bonds is 8. The number of pyridine rings is 2.